The van der Waals surface area contributed by atoms with E-state index in [0.717, 1.165) is 69.3 Å². The number of morpholine rings is 1. The highest BCUT2D eigenvalue weighted by molar-refractivity contribution is 5.85. The van der Waals surface area contributed by atoms with E-state index < -0.39 is 0 Å². The van der Waals surface area contributed by atoms with E-state index in [2.05, 4.69) is 34.2 Å². The van der Waals surface area contributed by atoms with E-state index in [1.165, 1.54) is 5.56 Å². The molecule has 150 valence electrons. The molecular weight excluding hydrogens is 352 g/mol. The van der Waals surface area contributed by atoms with Crippen LogP contribution in [0.4, 0.5) is 0 Å². The zero-order valence-electron chi connectivity index (χ0n) is 16.7. The Bertz CT molecular complexity index is 728. The highest BCUT2D eigenvalue weighted by atomic mass is 16.5. The smallest absolute Gasteiger partial charge is 0.169 e. The van der Waals surface area contributed by atoms with Crippen molar-refractivity contribution in [2.45, 2.75) is 12.8 Å². The maximum Gasteiger partial charge on any atom is 0.169 e. The third-order valence-electron chi connectivity index (χ3n) is 4.80. The minimum Gasteiger partial charge on any atom is -0.493 e. The van der Waals surface area contributed by atoms with Gasteiger partial charge < -0.3 is 14.2 Å². The Balaban J connectivity index is 1.52. The Hall–Kier alpha value is -2.37. The molecule has 1 saturated heterocycles. The van der Waals surface area contributed by atoms with Gasteiger partial charge in [-0.2, -0.15) is 0 Å². The molecule has 2 aromatic carbocycles. The largest absolute Gasteiger partial charge is 0.493 e. The summed E-state index contributed by atoms with van der Waals surface area (Å²) in [6.45, 7) is 6.11. The van der Waals surface area contributed by atoms with Gasteiger partial charge in [-0.3, -0.25) is 9.89 Å². The first-order chi connectivity index (χ1) is 13.9. The fourth-order valence-electron chi connectivity index (χ4n) is 3.24. The number of aliphatic imine (C=N–C) groups is 1. The molecule has 28 heavy (non-hydrogen) atoms. The van der Waals surface area contributed by atoms with Crippen LogP contribution in [0.5, 0.6) is 11.5 Å². The average molecular weight is 383 g/mol. The van der Waals surface area contributed by atoms with Crippen LogP contribution in [0.15, 0.2) is 53.5 Å². The number of nitrogens with zero attached hydrogens (tertiary/aromatic N) is 2. The standard InChI is InChI=1S/C23H30N2O3/c1-26-22-10-5-9-21(19-24-12-11-20-7-3-2-4-8-20)23(22)28-16-6-13-25-14-17-27-18-15-25/h2-5,7-10,19H,6,11-18H2,1H3/b24-19-. The molecular formula is C23H30N2O3. The van der Waals surface area contributed by atoms with Gasteiger partial charge in [0.2, 0.25) is 0 Å². The first-order valence-corrected chi connectivity index (χ1v) is 10.0. The Morgan fingerprint density at radius 1 is 1.07 bits per heavy atom. The van der Waals surface area contributed by atoms with Crippen molar-refractivity contribution < 1.29 is 14.2 Å². The second-order valence-electron chi connectivity index (χ2n) is 6.81. The number of benzene rings is 2. The molecule has 0 unspecified atom stereocenters. The number of methoxy groups -OCH3 is 1. The summed E-state index contributed by atoms with van der Waals surface area (Å²) in [5.41, 5.74) is 2.25. The average Bonchev–Trinajstić information content (AvgIpc) is 2.76. The van der Waals surface area contributed by atoms with Crippen molar-refractivity contribution in [3.8, 4) is 11.5 Å². The van der Waals surface area contributed by atoms with E-state index in [4.69, 9.17) is 14.2 Å². The molecule has 0 bridgehead atoms. The van der Waals surface area contributed by atoms with Gasteiger partial charge in [-0.15, -0.1) is 0 Å². The molecule has 0 atom stereocenters. The molecule has 5 heteroatoms. The quantitative estimate of drug-likeness (QED) is 0.466. The zero-order chi connectivity index (χ0) is 19.4. The van der Waals surface area contributed by atoms with Crippen LogP contribution in [0.1, 0.15) is 17.5 Å². The first-order valence-electron chi connectivity index (χ1n) is 10.0. The normalized spacial score (nSPS) is 15.0. The lowest BCUT2D eigenvalue weighted by atomic mass is 10.1. The maximum atomic E-state index is 6.09. The summed E-state index contributed by atoms with van der Waals surface area (Å²) in [4.78, 5) is 7.01. The molecule has 0 N–H and O–H groups in total. The lowest BCUT2D eigenvalue weighted by molar-refractivity contribution is 0.0357. The molecule has 1 fully saturated rings. The van der Waals surface area contributed by atoms with Crippen molar-refractivity contribution >= 4 is 6.21 Å². The Morgan fingerprint density at radius 2 is 1.89 bits per heavy atom. The van der Waals surface area contributed by atoms with Crippen LogP contribution in [-0.4, -0.2) is 64.2 Å². The molecule has 0 spiro atoms. The van der Waals surface area contributed by atoms with Crippen LogP contribution in [0.25, 0.3) is 0 Å². The number of hydrogen-bond acceptors (Lipinski definition) is 5. The molecule has 2 aromatic rings. The van der Waals surface area contributed by atoms with Crippen molar-refractivity contribution in [2.24, 2.45) is 4.99 Å². The van der Waals surface area contributed by atoms with Gasteiger partial charge in [0.15, 0.2) is 11.5 Å². The first kappa shape index (κ1) is 20.4. The van der Waals surface area contributed by atoms with Crippen LogP contribution < -0.4 is 9.47 Å². The Morgan fingerprint density at radius 3 is 2.68 bits per heavy atom. The molecule has 5 nitrogen and oxygen atoms in total. The second-order valence-corrected chi connectivity index (χ2v) is 6.81. The number of ether oxygens (including phenoxy) is 3. The van der Waals surface area contributed by atoms with Gasteiger partial charge in [-0.25, -0.2) is 0 Å². The van der Waals surface area contributed by atoms with E-state index in [9.17, 15) is 0 Å². The fraction of sp³-hybridized carbons (Fsp3) is 0.435. The molecule has 0 amide bonds. The maximum absolute atomic E-state index is 6.09. The summed E-state index contributed by atoms with van der Waals surface area (Å²) in [5.74, 6) is 1.52. The summed E-state index contributed by atoms with van der Waals surface area (Å²) in [6.07, 6.45) is 3.79. The number of rotatable bonds is 10. The van der Waals surface area contributed by atoms with Gasteiger partial charge in [-0.1, -0.05) is 36.4 Å². The van der Waals surface area contributed by atoms with E-state index in [0.29, 0.717) is 6.61 Å². The van der Waals surface area contributed by atoms with E-state index >= 15 is 0 Å². The van der Waals surface area contributed by atoms with Crippen molar-refractivity contribution in [1.29, 1.82) is 0 Å². The zero-order valence-corrected chi connectivity index (χ0v) is 16.7. The van der Waals surface area contributed by atoms with Gasteiger partial charge in [0, 0.05) is 38.0 Å². The van der Waals surface area contributed by atoms with E-state index in [1.807, 2.05) is 30.5 Å². The lowest BCUT2D eigenvalue weighted by Gasteiger charge is -2.26. The minimum atomic E-state index is 0.655. The monoisotopic (exact) mass is 382 g/mol. The van der Waals surface area contributed by atoms with Crippen LogP contribution in [-0.2, 0) is 11.2 Å². The van der Waals surface area contributed by atoms with Crippen LogP contribution >= 0.6 is 0 Å². The summed E-state index contributed by atoms with van der Waals surface area (Å²) >= 11 is 0. The summed E-state index contributed by atoms with van der Waals surface area (Å²) in [7, 11) is 1.67. The summed E-state index contributed by atoms with van der Waals surface area (Å²) < 4.78 is 17.0. The van der Waals surface area contributed by atoms with Gasteiger partial charge >= 0.3 is 0 Å². The van der Waals surface area contributed by atoms with Crippen molar-refractivity contribution in [3.05, 3.63) is 59.7 Å². The molecule has 0 aliphatic carbocycles. The summed E-state index contributed by atoms with van der Waals surface area (Å²) in [5, 5.41) is 0. The predicted octanol–water partition coefficient (Wildman–Crippen LogP) is 3.46. The van der Waals surface area contributed by atoms with Crippen LogP contribution in [0, 0.1) is 0 Å². The molecule has 1 aliphatic rings. The van der Waals surface area contributed by atoms with Gasteiger partial charge in [0.05, 0.1) is 26.9 Å². The molecule has 0 saturated carbocycles. The Labute approximate surface area is 167 Å². The number of para-hydroxylation sites is 1. The van der Waals surface area contributed by atoms with E-state index in [-0.39, 0.29) is 0 Å². The summed E-state index contributed by atoms with van der Waals surface area (Å²) in [6, 6.07) is 16.3. The lowest BCUT2D eigenvalue weighted by Crippen LogP contribution is -2.37. The van der Waals surface area contributed by atoms with Gasteiger partial charge in [0.25, 0.3) is 0 Å². The van der Waals surface area contributed by atoms with Crippen LogP contribution in [0.2, 0.25) is 0 Å². The van der Waals surface area contributed by atoms with Gasteiger partial charge in [-0.05, 0) is 30.5 Å². The third-order valence-corrected chi connectivity index (χ3v) is 4.80. The third kappa shape index (κ3) is 6.36. The van der Waals surface area contributed by atoms with Crippen LogP contribution in [0.3, 0.4) is 0 Å². The van der Waals surface area contributed by atoms with Gasteiger partial charge in [0.1, 0.15) is 0 Å². The fourth-order valence-corrected chi connectivity index (χ4v) is 3.24. The number of hydrogen-bond donors (Lipinski definition) is 0. The predicted molar refractivity (Wildman–Crippen MR) is 113 cm³/mol. The van der Waals surface area contributed by atoms with E-state index in [1.54, 1.807) is 7.11 Å². The highest BCUT2D eigenvalue weighted by Gasteiger charge is 2.11. The second kappa shape index (κ2) is 11.5. The highest BCUT2D eigenvalue weighted by Crippen LogP contribution is 2.30. The Kier molecular flexibility index (Phi) is 8.34. The molecule has 0 radical (unpaired) electrons. The van der Waals surface area contributed by atoms with Crippen molar-refractivity contribution in [1.82, 2.24) is 4.90 Å². The minimum absolute atomic E-state index is 0.655. The molecule has 1 aliphatic heterocycles. The van der Waals surface area contributed by atoms with Crippen molar-refractivity contribution in [2.75, 3.05) is 53.1 Å². The molecule has 3 rings (SSSR count). The molecule has 1 heterocycles. The SMILES string of the molecule is COc1cccc(/C=N\CCc2ccccc2)c1OCCCN1CCOCC1. The molecule has 0 aromatic heterocycles. The topological polar surface area (TPSA) is 43.3 Å². The van der Waals surface area contributed by atoms with Crippen molar-refractivity contribution in [3.63, 3.8) is 0 Å².